The van der Waals surface area contributed by atoms with E-state index in [0.29, 0.717) is 18.4 Å². The Morgan fingerprint density at radius 3 is 2.48 bits per heavy atom. The van der Waals surface area contributed by atoms with E-state index in [0.717, 1.165) is 74.6 Å². The third-order valence-electron chi connectivity index (χ3n) is 6.07. The van der Waals surface area contributed by atoms with Crippen LogP contribution in [0.5, 0.6) is 0 Å². The van der Waals surface area contributed by atoms with Crippen LogP contribution in [0.3, 0.4) is 0 Å². The molecule has 3 nitrogen and oxygen atoms in total. The lowest BCUT2D eigenvalue weighted by Crippen LogP contribution is -2.44. The van der Waals surface area contributed by atoms with Crippen molar-refractivity contribution >= 4 is 0 Å². The Hall–Kier alpha value is -1.92. The van der Waals surface area contributed by atoms with Gasteiger partial charge in [-0.05, 0) is 62.1 Å². The zero-order valence-corrected chi connectivity index (χ0v) is 16.5. The number of hydrogen-bond acceptors (Lipinski definition) is 3. The van der Waals surface area contributed by atoms with Crippen LogP contribution in [0.4, 0.5) is 13.2 Å². The van der Waals surface area contributed by atoms with Crippen LogP contribution in [0.15, 0.2) is 42.5 Å². The van der Waals surface area contributed by atoms with Gasteiger partial charge in [0.25, 0.3) is 0 Å². The summed E-state index contributed by atoms with van der Waals surface area (Å²) in [4.78, 5) is 7.47. The van der Waals surface area contributed by atoms with Gasteiger partial charge in [0.1, 0.15) is 0 Å². The van der Waals surface area contributed by atoms with Crippen molar-refractivity contribution in [3.63, 3.8) is 0 Å². The van der Waals surface area contributed by atoms with E-state index in [9.17, 15) is 13.2 Å². The predicted octanol–water partition coefficient (Wildman–Crippen LogP) is 5.05. The van der Waals surface area contributed by atoms with E-state index in [4.69, 9.17) is 9.72 Å². The number of piperidine rings is 1. The quantitative estimate of drug-likeness (QED) is 0.713. The first kappa shape index (κ1) is 20.4. The largest absolute Gasteiger partial charge is 0.416 e. The molecule has 2 aromatic rings. The van der Waals surface area contributed by atoms with E-state index >= 15 is 0 Å². The van der Waals surface area contributed by atoms with Crippen LogP contribution in [0.2, 0.25) is 0 Å². The number of alkyl halides is 3. The van der Waals surface area contributed by atoms with Crippen molar-refractivity contribution in [2.24, 2.45) is 0 Å². The molecule has 0 spiro atoms. The van der Waals surface area contributed by atoms with Gasteiger partial charge in [-0.25, -0.2) is 0 Å². The van der Waals surface area contributed by atoms with Crippen LogP contribution >= 0.6 is 0 Å². The smallest absolute Gasteiger partial charge is 0.381 e. The Morgan fingerprint density at radius 1 is 1.00 bits per heavy atom. The second-order valence-corrected chi connectivity index (χ2v) is 8.10. The third-order valence-corrected chi connectivity index (χ3v) is 6.07. The van der Waals surface area contributed by atoms with Gasteiger partial charge in [-0.15, -0.1) is 0 Å². The molecule has 3 heterocycles. The average Bonchev–Trinajstić information content (AvgIpc) is 2.74. The van der Waals surface area contributed by atoms with Crippen LogP contribution in [0.25, 0.3) is 0 Å². The number of hydrogen-bond donors (Lipinski definition) is 0. The molecule has 0 bridgehead atoms. The summed E-state index contributed by atoms with van der Waals surface area (Å²) in [7, 11) is 0. The molecule has 1 aromatic carbocycles. The second-order valence-electron chi connectivity index (χ2n) is 8.10. The van der Waals surface area contributed by atoms with Gasteiger partial charge in [0.2, 0.25) is 0 Å². The normalized spacial score (nSPS) is 22.0. The minimum absolute atomic E-state index is 0.416. The highest BCUT2D eigenvalue weighted by molar-refractivity contribution is 5.28. The molecule has 156 valence electrons. The molecule has 2 aliphatic rings. The van der Waals surface area contributed by atoms with Gasteiger partial charge >= 0.3 is 6.18 Å². The lowest BCUT2D eigenvalue weighted by Gasteiger charge is -2.39. The summed E-state index contributed by atoms with van der Waals surface area (Å²) in [6.45, 7) is 3.88. The number of rotatable bonds is 4. The second kappa shape index (κ2) is 8.84. The lowest BCUT2D eigenvalue weighted by atomic mass is 9.91. The standard InChI is InChI=1S/C23H27F3N2O/c24-23(25,26)19-8-6-17(7-9-19)15-20-4-1-5-22(27-20)18-3-2-12-28(16-18)21-10-13-29-14-11-21/h1,4-9,18,21H,2-3,10-16H2/t18-/m1/s1. The highest BCUT2D eigenvalue weighted by Crippen LogP contribution is 2.31. The molecule has 0 amide bonds. The molecule has 29 heavy (non-hydrogen) atoms. The third kappa shape index (κ3) is 5.17. The number of halogens is 3. The minimum Gasteiger partial charge on any atom is -0.381 e. The number of nitrogens with zero attached hydrogens (tertiary/aromatic N) is 2. The Morgan fingerprint density at radius 2 is 1.76 bits per heavy atom. The van der Waals surface area contributed by atoms with Crippen molar-refractivity contribution < 1.29 is 17.9 Å². The number of pyridine rings is 1. The molecule has 0 aliphatic carbocycles. The van der Waals surface area contributed by atoms with Crippen LogP contribution in [0.1, 0.15) is 54.1 Å². The molecule has 2 fully saturated rings. The monoisotopic (exact) mass is 404 g/mol. The van der Waals surface area contributed by atoms with E-state index in [1.165, 1.54) is 6.42 Å². The molecular weight excluding hydrogens is 377 g/mol. The Kier molecular flexibility index (Phi) is 6.20. The van der Waals surface area contributed by atoms with Crippen LogP contribution in [0, 0.1) is 0 Å². The van der Waals surface area contributed by atoms with Gasteiger partial charge in [-0.1, -0.05) is 18.2 Å². The molecule has 1 aromatic heterocycles. The van der Waals surface area contributed by atoms with Gasteiger partial charge in [-0.3, -0.25) is 9.88 Å². The van der Waals surface area contributed by atoms with Gasteiger partial charge < -0.3 is 4.74 Å². The molecular formula is C23H27F3N2O. The molecule has 0 saturated carbocycles. The Bertz CT molecular complexity index is 801. The average molecular weight is 404 g/mol. The number of benzene rings is 1. The molecule has 2 aliphatic heterocycles. The molecule has 4 rings (SSSR count). The van der Waals surface area contributed by atoms with Crippen molar-refractivity contribution in [1.29, 1.82) is 0 Å². The summed E-state index contributed by atoms with van der Waals surface area (Å²) in [5.74, 6) is 0.416. The van der Waals surface area contributed by atoms with E-state index in [2.05, 4.69) is 11.0 Å². The first-order chi connectivity index (χ1) is 14.0. The van der Waals surface area contributed by atoms with Crippen molar-refractivity contribution in [3.8, 4) is 0 Å². The molecule has 0 unspecified atom stereocenters. The van der Waals surface area contributed by atoms with Gasteiger partial charge in [0, 0.05) is 49.5 Å². The van der Waals surface area contributed by atoms with Crippen LogP contribution in [-0.4, -0.2) is 42.2 Å². The fourth-order valence-corrected chi connectivity index (χ4v) is 4.47. The maximum absolute atomic E-state index is 12.7. The summed E-state index contributed by atoms with van der Waals surface area (Å²) in [6, 6.07) is 12.1. The summed E-state index contributed by atoms with van der Waals surface area (Å²) in [6.07, 6.45) is 0.766. The SMILES string of the molecule is FC(F)(F)c1ccc(Cc2cccc([C@@H]3CCCN(C4CCOCC4)C3)n2)cc1. The lowest BCUT2D eigenvalue weighted by molar-refractivity contribution is -0.137. The first-order valence-corrected chi connectivity index (χ1v) is 10.4. The summed E-state index contributed by atoms with van der Waals surface area (Å²) >= 11 is 0. The Balaban J connectivity index is 1.43. The minimum atomic E-state index is -4.30. The van der Waals surface area contributed by atoms with Gasteiger partial charge in [0.15, 0.2) is 0 Å². The molecule has 2 saturated heterocycles. The maximum Gasteiger partial charge on any atom is 0.416 e. The van der Waals surface area contributed by atoms with Crippen LogP contribution in [-0.2, 0) is 17.3 Å². The molecule has 0 radical (unpaired) electrons. The maximum atomic E-state index is 12.7. The fourth-order valence-electron chi connectivity index (χ4n) is 4.47. The summed E-state index contributed by atoms with van der Waals surface area (Å²) < 4.78 is 43.7. The molecule has 0 N–H and O–H groups in total. The number of aromatic nitrogens is 1. The molecule has 1 atom stereocenters. The zero-order chi connectivity index (χ0) is 20.3. The topological polar surface area (TPSA) is 25.4 Å². The number of ether oxygens (including phenoxy) is 1. The predicted molar refractivity (Wildman–Crippen MR) is 106 cm³/mol. The van der Waals surface area contributed by atoms with Crippen LogP contribution < -0.4 is 0 Å². The van der Waals surface area contributed by atoms with Crippen molar-refractivity contribution in [2.75, 3.05) is 26.3 Å². The summed E-state index contributed by atoms with van der Waals surface area (Å²) in [5, 5.41) is 0. The van der Waals surface area contributed by atoms with E-state index in [1.54, 1.807) is 12.1 Å². The van der Waals surface area contributed by atoms with E-state index in [-0.39, 0.29) is 0 Å². The van der Waals surface area contributed by atoms with Crippen molar-refractivity contribution in [2.45, 2.75) is 50.2 Å². The summed E-state index contributed by atoms with van der Waals surface area (Å²) in [5.41, 5.74) is 2.24. The molecule has 6 heteroatoms. The van der Waals surface area contributed by atoms with E-state index in [1.807, 2.05) is 12.1 Å². The first-order valence-electron chi connectivity index (χ1n) is 10.4. The van der Waals surface area contributed by atoms with Gasteiger partial charge in [-0.2, -0.15) is 13.2 Å². The van der Waals surface area contributed by atoms with E-state index < -0.39 is 11.7 Å². The highest BCUT2D eigenvalue weighted by atomic mass is 19.4. The fraction of sp³-hybridized carbons (Fsp3) is 0.522. The van der Waals surface area contributed by atoms with Gasteiger partial charge in [0.05, 0.1) is 5.56 Å². The van der Waals surface area contributed by atoms with Crippen molar-refractivity contribution in [3.05, 3.63) is 65.0 Å². The zero-order valence-electron chi connectivity index (χ0n) is 16.5. The Labute approximate surface area is 169 Å². The highest BCUT2D eigenvalue weighted by Gasteiger charge is 2.30. The number of likely N-dealkylation sites (tertiary alicyclic amines) is 1. The van der Waals surface area contributed by atoms with Crippen molar-refractivity contribution in [1.82, 2.24) is 9.88 Å².